The number of methoxy groups -OCH3 is 1. The third kappa shape index (κ3) is 6.32. The maximum absolute atomic E-state index is 16.0. The number of carbonyl (C=O) groups excluding carboxylic acids is 1. The normalized spacial score (nSPS) is 18.9. The first-order chi connectivity index (χ1) is 24.0. The van der Waals surface area contributed by atoms with E-state index in [0.29, 0.717) is 67.5 Å². The maximum atomic E-state index is 16.0. The highest BCUT2D eigenvalue weighted by molar-refractivity contribution is 6.36. The Hall–Kier alpha value is -4.16. The van der Waals surface area contributed by atoms with Crippen LogP contribution in [0.5, 0.6) is 11.5 Å². The Morgan fingerprint density at radius 1 is 1.06 bits per heavy atom. The van der Waals surface area contributed by atoms with Crippen LogP contribution >= 0.6 is 23.2 Å². The number of aromatic nitrogens is 2. The number of anilines is 1. The van der Waals surface area contributed by atoms with E-state index in [2.05, 4.69) is 15.2 Å². The van der Waals surface area contributed by atoms with Crippen LogP contribution in [0.1, 0.15) is 57.6 Å². The predicted octanol–water partition coefficient (Wildman–Crippen LogP) is 6.75. The summed E-state index contributed by atoms with van der Waals surface area (Å²) in [6.07, 6.45) is 2.13. The Balaban J connectivity index is 1.12. The third-order valence-electron chi connectivity index (χ3n) is 10.1. The monoisotopic (exact) mass is 721 g/mol. The zero-order valence-electron chi connectivity index (χ0n) is 28.1. The minimum Gasteiger partial charge on any atom is -0.493 e. The van der Waals surface area contributed by atoms with E-state index in [9.17, 15) is 14.7 Å². The summed E-state index contributed by atoms with van der Waals surface area (Å²) >= 11 is 13.6. The summed E-state index contributed by atoms with van der Waals surface area (Å²) in [5.74, 6) is -2.04. The van der Waals surface area contributed by atoms with Gasteiger partial charge in [-0.15, -0.1) is 0 Å². The Kier molecular flexibility index (Phi) is 9.51. The molecule has 1 saturated heterocycles. The zero-order valence-corrected chi connectivity index (χ0v) is 29.6. The van der Waals surface area contributed by atoms with Crippen LogP contribution in [0.2, 0.25) is 10.0 Å². The summed E-state index contributed by atoms with van der Waals surface area (Å²) in [7, 11) is 5.30. The fraction of sp³-hybridized carbons (Fsp3) is 0.378. The van der Waals surface area contributed by atoms with Crippen LogP contribution in [0.3, 0.4) is 0 Å². The molecule has 10 nitrogen and oxygen atoms in total. The average Bonchev–Trinajstić information content (AvgIpc) is 3.81. The number of halogens is 3. The fourth-order valence-corrected chi connectivity index (χ4v) is 8.04. The summed E-state index contributed by atoms with van der Waals surface area (Å²) in [5.41, 5.74) is 6.55. The van der Waals surface area contributed by atoms with Gasteiger partial charge in [-0.2, -0.15) is 4.39 Å². The number of nitrogens with one attached hydrogen (secondary N) is 1. The third-order valence-corrected chi connectivity index (χ3v) is 10.8. The first-order valence-corrected chi connectivity index (χ1v) is 17.4. The van der Waals surface area contributed by atoms with Crippen LogP contribution in [0.25, 0.3) is 11.1 Å². The van der Waals surface area contributed by atoms with Crippen LogP contribution in [0, 0.1) is 11.7 Å². The van der Waals surface area contributed by atoms with E-state index in [4.69, 9.17) is 32.7 Å². The Labute approximate surface area is 299 Å². The molecule has 7 rings (SSSR count). The number of amides is 1. The van der Waals surface area contributed by atoms with Crippen molar-refractivity contribution in [1.29, 1.82) is 0 Å². The standard InChI is InChI=1S/C37H38Cl2FN5O5/c1-43-14-13-29-28(19-43)41-35(44(29)2)36(46)42-27-9-5-8-25(31(27)39)22-6-4-7-24-23(22)10-11-30(24)50-34-26(38)16-21(33(49-3)32(34)40)18-45-15-12-20(17-45)37(47)48/h4-9,16,20,30H,10-15,17-19H2,1-3H3,(H,42,46)(H,47,48)/t20?,30-/m0/s1. The first kappa shape index (κ1) is 34.3. The molecule has 0 bridgehead atoms. The van der Waals surface area contributed by atoms with E-state index >= 15 is 4.39 Å². The highest BCUT2D eigenvalue weighted by atomic mass is 35.5. The van der Waals surface area contributed by atoms with Crippen molar-refractivity contribution in [2.45, 2.75) is 44.9 Å². The van der Waals surface area contributed by atoms with Gasteiger partial charge in [-0.1, -0.05) is 53.5 Å². The number of ether oxygens (including phenoxy) is 2. The van der Waals surface area contributed by atoms with Crippen molar-refractivity contribution in [3.05, 3.63) is 92.2 Å². The predicted molar refractivity (Wildman–Crippen MR) is 189 cm³/mol. The second-order valence-electron chi connectivity index (χ2n) is 13.3. The van der Waals surface area contributed by atoms with E-state index in [0.717, 1.165) is 46.6 Å². The van der Waals surface area contributed by atoms with Gasteiger partial charge in [-0.25, -0.2) is 4.98 Å². The minimum absolute atomic E-state index is 0.0267. The van der Waals surface area contributed by atoms with Gasteiger partial charge in [0.05, 0.1) is 34.5 Å². The van der Waals surface area contributed by atoms with Gasteiger partial charge in [-0.3, -0.25) is 14.5 Å². The fourth-order valence-electron chi connectivity index (χ4n) is 7.51. The number of carbonyl (C=O) groups is 2. The van der Waals surface area contributed by atoms with E-state index in [-0.39, 0.29) is 22.4 Å². The van der Waals surface area contributed by atoms with Crippen LogP contribution in [0.4, 0.5) is 10.1 Å². The molecule has 3 heterocycles. The number of hydrogen-bond donors (Lipinski definition) is 2. The van der Waals surface area contributed by atoms with Crippen LogP contribution in [-0.2, 0) is 37.8 Å². The Morgan fingerprint density at radius 3 is 2.60 bits per heavy atom. The molecule has 13 heteroatoms. The summed E-state index contributed by atoms with van der Waals surface area (Å²) in [5, 5.41) is 12.9. The Morgan fingerprint density at radius 2 is 1.84 bits per heavy atom. The van der Waals surface area contributed by atoms with E-state index < -0.39 is 23.8 Å². The lowest BCUT2D eigenvalue weighted by atomic mass is 9.96. The van der Waals surface area contributed by atoms with E-state index in [1.54, 1.807) is 12.1 Å². The second-order valence-corrected chi connectivity index (χ2v) is 14.1. The smallest absolute Gasteiger partial charge is 0.307 e. The number of carboxylic acids is 1. The molecule has 3 aromatic carbocycles. The molecule has 1 fully saturated rings. The lowest BCUT2D eigenvalue weighted by molar-refractivity contribution is -0.141. The van der Waals surface area contributed by atoms with Gasteiger partial charge >= 0.3 is 5.97 Å². The Bertz CT molecular complexity index is 2000. The molecule has 0 spiro atoms. The lowest BCUT2D eigenvalue weighted by Crippen LogP contribution is -2.27. The number of carboxylic acid groups (broad SMARTS) is 1. The molecule has 1 unspecified atom stereocenters. The van der Waals surface area contributed by atoms with Crippen molar-refractivity contribution < 1.29 is 28.6 Å². The van der Waals surface area contributed by atoms with E-state index in [1.165, 1.54) is 7.11 Å². The first-order valence-electron chi connectivity index (χ1n) is 16.7. The van der Waals surface area contributed by atoms with Gasteiger partial charge in [-0.05, 0) is 61.7 Å². The molecule has 2 aliphatic heterocycles. The molecule has 262 valence electrons. The van der Waals surface area contributed by atoms with Crippen LogP contribution < -0.4 is 14.8 Å². The van der Waals surface area contributed by atoms with Gasteiger partial charge < -0.3 is 29.4 Å². The topological polar surface area (TPSA) is 109 Å². The van der Waals surface area contributed by atoms with Gasteiger partial charge in [0.25, 0.3) is 5.91 Å². The number of hydrogen-bond acceptors (Lipinski definition) is 7. The van der Waals surface area contributed by atoms with Crippen molar-refractivity contribution >= 4 is 40.8 Å². The number of imidazole rings is 1. The van der Waals surface area contributed by atoms with Gasteiger partial charge in [0.1, 0.15) is 6.10 Å². The SMILES string of the molecule is COc1c(CN2CCC(C(=O)O)C2)cc(Cl)c(O[C@H]2CCc3c(-c4cccc(NC(=O)c5nc6c(n5C)CCN(C)C6)c4Cl)cccc32)c1F. The average molecular weight is 723 g/mol. The zero-order chi connectivity index (χ0) is 35.3. The highest BCUT2D eigenvalue weighted by Crippen LogP contribution is 2.46. The number of nitrogens with zero attached hydrogens (tertiary/aromatic N) is 4. The number of benzene rings is 3. The van der Waals surface area contributed by atoms with Crippen LogP contribution in [-0.4, -0.2) is 70.1 Å². The van der Waals surface area contributed by atoms with Crippen molar-refractivity contribution in [1.82, 2.24) is 19.4 Å². The van der Waals surface area contributed by atoms with Crippen molar-refractivity contribution in [3.8, 4) is 22.6 Å². The van der Waals surface area contributed by atoms with Crippen molar-refractivity contribution in [3.63, 3.8) is 0 Å². The van der Waals surface area contributed by atoms with Gasteiger partial charge in [0.15, 0.2) is 17.3 Å². The molecule has 1 aromatic heterocycles. The number of aliphatic carboxylic acids is 1. The molecular formula is C37H38Cl2FN5O5. The van der Waals surface area contributed by atoms with Gasteiger partial charge in [0, 0.05) is 56.5 Å². The van der Waals surface area contributed by atoms with E-state index in [1.807, 2.05) is 53.9 Å². The molecule has 0 saturated carbocycles. The molecule has 2 N–H and O–H groups in total. The molecule has 4 aromatic rings. The molecular weight excluding hydrogens is 684 g/mol. The van der Waals surface area contributed by atoms with Crippen LogP contribution in [0.15, 0.2) is 42.5 Å². The maximum Gasteiger partial charge on any atom is 0.307 e. The quantitative estimate of drug-likeness (QED) is 0.195. The lowest BCUT2D eigenvalue weighted by Gasteiger charge is -2.22. The summed E-state index contributed by atoms with van der Waals surface area (Å²) in [6, 6.07) is 13.0. The van der Waals surface area contributed by atoms with Crippen molar-refractivity contribution in [2.24, 2.45) is 13.0 Å². The summed E-state index contributed by atoms with van der Waals surface area (Å²) < 4.78 is 29.6. The second kappa shape index (κ2) is 13.9. The number of rotatable bonds is 9. The molecule has 50 heavy (non-hydrogen) atoms. The van der Waals surface area contributed by atoms with Crippen molar-refractivity contribution in [2.75, 3.05) is 39.1 Å². The number of fused-ring (bicyclic) bond motifs is 2. The number of likely N-dealkylation sites (tertiary alicyclic amines) is 1. The summed E-state index contributed by atoms with van der Waals surface area (Å²) in [6.45, 7) is 2.88. The summed E-state index contributed by atoms with van der Waals surface area (Å²) in [4.78, 5) is 33.6. The molecule has 3 aliphatic rings. The van der Waals surface area contributed by atoms with Gasteiger partial charge in [0.2, 0.25) is 5.82 Å². The highest BCUT2D eigenvalue weighted by Gasteiger charge is 2.33. The molecule has 0 radical (unpaired) electrons. The molecule has 1 aliphatic carbocycles. The number of likely N-dealkylation sites (N-methyl/N-ethyl adjacent to an activating group) is 1. The molecule has 1 amide bonds. The molecule has 2 atom stereocenters. The largest absolute Gasteiger partial charge is 0.493 e. The minimum atomic E-state index is -0.832.